The van der Waals surface area contributed by atoms with Crippen molar-refractivity contribution >= 4 is 0 Å². The number of nitrogens with zero attached hydrogens (tertiary/aromatic N) is 3. The molecule has 2 aromatic heterocycles. The highest BCUT2D eigenvalue weighted by molar-refractivity contribution is 5.25. The molecule has 0 radical (unpaired) electrons. The van der Waals surface area contributed by atoms with Gasteiger partial charge in [-0.05, 0) is 68.2 Å². The largest absolute Gasteiger partial charge is 0.328 e. The molecule has 0 unspecified atom stereocenters. The molecule has 0 aliphatic heterocycles. The maximum Gasteiger partial charge on any atom is 0.0578 e. The van der Waals surface area contributed by atoms with E-state index in [2.05, 4.69) is 50.8 Å². The van der Waals surface area contributed by atoms with E-state index in [0.29, 0.717) is 18.0 Å². The molecule has 0 bridgehead atoms. The molecule has 0 spiro atoms. The number of hydrogen-bond acceptors (Lipinski definition) is 4. The van der Waals surface area contributed by atoms with E-state index in [4.69, 9.17) is 15.7 Å². The first-order valence-corrected chi connectivity index (χ1v) is 10.3. The van der Waals surface area contributed by atoms with Crippen molar-refractivity contribution in [3.63, 3.8) is 0 Å². The maximum absolute atomic E-state index is 6.16. The van der Waals surface area contributed by atoms with Crippen LogP contribution in [-0.4, -0.2) is 27.0 Å². The Morgan fingerprint density at radius 3 is 2.44 bits per heavy atom. The van der Waals surface area contributed by atoms with Crippen molar-refractivity contribution in [1.29, 1.82) is 0 Å². The van der Waals surface area contributed by atoms with Crippen LogP contribution in [0.5, 0.6) is 0 Å². The molecule has 27 heavy (non-hydrogen) atoms. The Morgan fingerprint density at radius 1 is 1.07 bits per heavy atom. The summed E-state index contributed by atoms with van der Waals surface area (Å²) in [5.41, 5.74) is 12.4. The van der Waals surface area contributed by atoms with Crippen molar-refractivity contribution < 1.29 is 0 Å². The van der Waals surface area contributed by atoms with Crippen LogP contribution < -0.4 is 5.73 Å². The lowest BCUT2D eigenvalue weighted by Crippen LogP contribution is -2.40. The lowest BCUT2D eigenvalue weighted by molar-refractivity contribution is 0.130. The van der Waals surface area contributed by atoms with E-state index in [9.17, 15) is 0 Å². The van der Waals surface area contributed by atoms with Gasteiger partial charge in [-0.1, -0.05) is 26.0 Å². The molecule has 1 aliphatic carbocycles. The molecule has 4 nitrogen and oxygen atoms in total. The van der Waals surface area contributed by atoms with Crippen LogP contribution in [0.2, 0.25) is 0 Å². The predicted molar refractivity (Wildman–Crippen MR) is 112 cm³/mol. The highest BCUT2D eigenvalue weighted by Crippen LogP contribution is 2.27. The van der Waals surface area contributed by atoms with Crippen molar-refractivity contribution in [2.24, 2.45) is 5.73 Å². The fraction of sp³-hybridized carbons (Fsp3) is 0.565. The second-order valence-electron chi connectivity index (χ2n) is 8.44. The van der Waals surface area contributed by atoms with E-state index in [1.807, 2.05) is 12.4 Å². The Labute approximate surface area is 164 Å². The van der Waals surface area contributed by atoms with Gasteiger partial charge in [-0.2, -0.15) is 0 Å². The molecular weight excluding hydrogens is 332 g/mol. The zero-order valence-electron chi connectivity index (χ0n) is 17.3. The molecule has 0 saturated heterocycles. The topological polar surface area (TPSA) is 55.0 Å². The fourth-order valence-electron chi connectivity index (χ4n) is 4.18. The first kappa shape index (κ1) is 20.0. The Kier molecular flexibility index (Phi) is 6.61. The van der Waals surface area contributed by atoms with E-state index in [0.717, 1.165) is 38.8 Å². The van der Waals surface area contributed by atoms with Crippen LogP contribution >= 0.6 is 0 Å². The second-order valence-corrected chi connectivity index (χ2v) is 8.44. The number of rotatable bonds is 6. The first-order valence-electron chi connectivity index (χ1n) is 10.3. The summed E-state index contributed by atoms with van der Waals surface area (Å²) in [5, 5.41) is 0. The number of hydrogen-bond donors (Lipinski definition) is 1. The van der Waals surface area contributed by atoms with Crippen LogP contribution in [0.3, 0.4) is 0 Å². The lowest BCUT2D eigenvalue weighted by Gasteiger charge is -2.36. The zero-order valence-corrected chi connectivity index (χ0v) is 17.3. The first-order chi connectivity index (χ1) is 12.9. The second kappa shape index (κ2) is 8.94. The average Bonchev–Trinajstić information content (AvgIpc) is 2.64. The van der Waals surface area contributed by atoms with Crippen molar-refractivity contribution in [2.45, 2.75) is 84.5 Å². The minimum Gasteiger partial charge on any atom is -0.328 e. The monoisotopic (exact) mass is 366 g/mol. The highest BCUT2D eigenvalue weighted by Gasteiger charge is 2.26. The van der Waals surface area contributed by atoms with E-state index in [1.54, 1.807) is 0 Å². The third-order valence-corrected chi connectivity index (χ3v) is 5.83. The van der Waals surface area contributed by atoms with Gasteiger partial charge in [0.05, 0.1) is 11.4 Å². The number of aryl methyl sites for hydroxylation is 2. The smallest absolute Gasteiger partial charge is 0.0578 e. The van der Waals surface area contributed by atoms with Crippen molar-refractivity contribution in [1.82, 2.24) is 14.9 Å². The molecule has 146 valence electrons. The van der Waals surface area contributed by atoms with Crippen LogP contribution in [-0.2, 0) is 13.1 Å². The van der Waals surface area contributed by atoms with Gasteiger partial charge in [0.15, 0.2) is 0 Å². The molecule has 0 aromatic carbocycles. The van der Waals surface area contributed by atoms with Gasteiger partial charge in [0.1, 0.15) is 0 Å². The third kappa shape index (κ3) is 5.14. The SMILES string of the molecule is Cc1cnc(CN(Cc2ncccc2C(C)C)[C@H]2CC[C@H](N)CC2)c(C)c1. The quantitative estimate of drug-likeness (QED) is 0.818. The Morgan fingerprint density at radius 2 is 1.78 bits per heavy atom. The Balaban J connectivity index is 1.86. The number of aromatic nitrogens is 2. The maximum atomic E-state index is 6.16. The molecule has 1 fully saturated rings. The van der Waals surface area contributed by atoms with Gasteiger partial charge in [-0.15, -0.1) is 0 Å². The van der Waals surface area contributed by atoms with Crippen LogP contribution in [0.1, 0.15) is 73.5 Å². The van der Waals surface area contributed by atoms with E-state index < -0.39 is 0 Å². The third-order valence-electron chi connectivity index (χ3n) is 5.83. The lowest BCUT2D eigenvalue weighted by atomic mass is 9.90. The van der Waals surface area contributed by atoms with Crippen molar-refractivity contribution in [3.8, 4) is 0 Å². The van der Waals surface area contributed by atoms with Crippen molar-refractivity contribution in [3.05, 3.63) is 58.7 Å². The summed E-state index contributed by atoms with van der Waals surface area (Å²) < 4.78 is 0. The molecule has 3 rings (SSSR count). The summed E-state index contributed by atoms with van der Waals surface area (Å²) in [4.78, 5) is 12.1. The van der Waals surface area contributed by atoms with Crippen LogP contribution in [0.15, 0.2) is 30.6 Å². The van der Waals surface area contributed by atoms with Gasteiger partial charge in [0.2, 0.25) is 0 Å². The summed E-state index contributed by atoms with van der Waals surface area (Å²) in [6.07, 6.45) is 8.45. The van der Waals surface area contributed by atoms with Gasteiger partial charge in [-0.3, -0.25) is 14.9 Å². The van der Waals surface area contributed by atoms with E-state index in [-0.39, 0.29) is 0 Å². The molecule has 1 aliphatic rings. The van der Waals surface area contributed by atoms with Gasteiger partial charge in [0.25, 0.3) is 0 Å². The fourth-order valence-corrected chi connectivity index (χ4v) is 4.18. The molecule has 0 amide bonds. The van der Waals surface area contributed by atoms with Crippen LogP contribution in [0.25, 0.3) is 0 Å². The summed E-state index contributed by atoms with van der Waals surface area (Å²) in [6.45, 7) is 10.5. The zero-order chi connectivity index (χ0) is 19.4. The standard InChI is InChI=1S/C23H34N4/c1-16(2)21-6-5-11-25-23(21)15-27(20-9-7-19(24)8-10-20)14-22-18(4)12-17(3)13-26-22/h5-6,11-13,16,19-20H,7-10,14-15,24H2,1-4H3/t19-,20-. The Hall–Kier alpha value is -1.78. The average molecular weight is 367 g/mol. The number of nitrogens with two attached hydrogens (primary N) is 1. The van der Waals surface area contributed by atoms with E-state index >= 15 is 0 Å². The molecular formula is C23H34N4. The summed E-state index contributed by atoms with van der Waals surface area (Å²) in [6, 6.07) is 7.42. The van der Waals surface area contributed by atoms with Crippen LogP contribution in [0, 0.1) is 13.8 Å². The molecule has 2 heterocycles. The molecule has 2 N–H and O–H groups in total. The van der Waals surface area contributed by atoms with Crippen LogP contribution in [0.4, 0.5) is 0 Å². The summed E-state index contributed by atoms with van der Waals surface area (Å²) >= 11 is 0. The minimum atomic E-state index is 0.364. The molecule has 2 aromatic rings. The predicted octanol–water partition coefficient (Wildman–Crippen LogP) is 4.49. The minimum absolute atomic E-state index is 0.364. The molecule has 4 heteroatoms. The highest BCUT2D eigenvalue weighted by atomic mass is 15.2. The number of pyridine rings is 2. The Bertz CT molecular complexity index is 748. The van der Waals surface area contributed by atoms with E-state index in [1.165, 1.54) is 28.1 Å². The summed E-state index contributed by atoms with van der Waals surface area (Å²) in [7, 11) is 0. The van der Waals surface area contributed by atoms with Crippen molar-refractivity contribution in [2.75, 3.05) is 0 Å². The summed E-state index contributed by atoms with van der Waals surface area (Å²) in [5.74, 6) is 0.481. The van der Waals surface area contributed by atoms with Gasteiger partial charge in [0, 0.05) is 37.6 Å². The van der Waals surface area contributed by atoms with Gasteiger partial charge >= 0.3 is 0 Å². The normalized spacial score (nSPS) is 20.4. The van der Waals surface area contributed by atoms with Gasteiger partial charge in [-0.25, -0.2) is 0 Å². The molecule has 1 saturated carbocycles. The molecule has 0 atom stereocenters. The van der Waals surface area contributed by atoms with Gasteiger partial charge < -0.3 is 5.73 Å².